The van der Waals surface area contributed by atoms with E-state index in [1.807, 2.05) is 54.6 Å². The van der Waals surface area contributed by atoms with Gasteiger partial charge in [0.15, 0.2) is 11.6 Å². The molecule has 0 bridgehead atoms. The van der Waals surface area contributed by atoms with Gasteiger partial charge in [0.25, 0.3) is 5.91 Å². The van der Waals surface area contributed by atoms with Gasteiger partial charge in [-0.2, -0.15) is 0 Å². The molecule has 5 rings (SSSR count). The van der Waals surface area contributed by atoms with Gasteiger partial charge in [-0.1, -0.05) is 36.4 Å². The molecule has 3 heterocycles. The minimum absolute atomic E-state index is 0.0813. The Balaban J connectivity index is 1.38. The molecule has 1 fully saturated rings. The summed E-state index contributed by atoms with van der Waals surface area (Å²) in [5, 5.41) is 10.7. The molecule has 7 heteroatoms. The maximum atomic E-state index is 12.5. The Kier molecular flexibility index (Phi) is 4.77. The van der Waals surface area contributed by atoms with Crippen LogP contribution in [0.5, 0.6) is 11.6 Å². The summed E-state index contributed by atoms with van der Waals surface area (Å²) < 4.78 is 11.2. The summed E-state index contributed by atoms with van der Waals surface area (Å²) >= 11 is 0. The van der Waals surface area contributed by atoms with Gasteiger partial charge >= 0.3 is 0 Å². The van der Waals surface area contributed by atoms with Crippen LogP contribution in [0, 0.1) is 0 Å². The van der Waals surface area contributed by atoms with Crippen LogP contribution in [0.4, 0.5) is 5.82 Å². The summed E-state index contributed by atoms with van der Waals surface area (Å²) in [5.74, 6) is 2.29. The number of ether oxygens (including phenoxy) is 1. The summed E-state index contributed by atoms with van der Waals surface area (Å²) in [4.78, 5) is 16.5. The fourth-order valence-corrected chi connectivity index (χ4v) is 3.65. The molecule has 0 N–H and O–H groups in total. The van der Waals surface area contributed by atoms with E-state index >= 15 is 0 Å². The number of nitrogens with zero attached hydrogens (tertiary/aromatic N) is 4. The number of hydrogen-bond acceptors (Lipinski definition) is 6. The van der Waals surface area contributed by atoms with Crippen LogP contribution in [0.25, 0.3) is 10.8 Å². The number of piperazine rings is 1. The molecule has 0 radical (unpaired) electrons. The number of hydrogen-bond donors (Lipinski definition) is 0. The molecule has 0 saturated carbocycles. The molecule has 7 nitrogen and oxygen atoms in total. The van der Waals surface area contributed by atoms with Crippen molar-refractivity contribution in [1.82, 2.24) is 15.1 Å². The van der Waals surface area contributed by atoms with Crippen LogP contribution in [0.2, 0.25) is 0 Å². The first-order valence-electron chi connectivity index (χ1n) is 9.85. The largest absolute Gasteiger partial charge is 0.459 e. The van der Waals surface area contributed by atoms with E-state index in [4.69, 9.17) is 9.15 Å². The Bertz CT molecular complexity index is 1150. The highest BCUT2D eigenvalue weighted by Gasteiger charge is 2.26. The molecule has 1 aliphatic heterocycles. The van der Waals surface area contributed by atoms with E-state index in [2.05, 4.69) is 15.1 Å². The molecule has 1 aliphatic rings. The standard InChI is InChI=1S/C23H20N4O3/c28-23(20-11-6-16-29-20)27-14-12-26(13-15-27)21-18-9-4-5-10-19(18)22(25-24-21)30-17-7-2-1-3-8-17/h1-11,16H,12-15H2. The first-order chi connectivity index (χ1) is 14.8. The Morgan fingerprint density at radius 3 is 2.30 bits per heavy atom. The Morgan fingerprint density at radius 2 is 1.57 bits per heavy atom. The van der Waals surface area contributed by atoms with Gasteiger partial charge in [-0.3, -0.25) is 4.79 Å². The normalized spacial score (nSPS) is 14.1. The minimum Gasteiger partial charge on any atom is -0.459 e. The molecule has 0 unspecified atom stereocenters. The second-order valence-electron chi connectivity index (χ2n) is 7.05. The van der Waals surface area contributed by atoms with Crippen LogP contribution in [0.1, 0.15) is 10.6 Å². The van der Waals surface area contributed by atoms with Crippen molar-refractivity contribution >= 4 is 22.5 Å². The first-order valence-corrected chi connectivity index (χ1v) is 9.85. The van der Waals surface area contributed by atoms with E-state index in [-0.39, 0.29) is 5.91 Å². The van der Waals surface area contributed by atoms with E-state index in [0.717, 1.165) is 22.3 Å². The Morgan fingerprint density at radius 1 is 0.833 bits per heavy atom. The van der Waals surface area contributed by atoms with Crippen molar-refractivity contribution in [3.8, 4) is 11.6 Å². The van der Waals surface area contributed by atoms with Gasteiger partial charge in [0.05, 0.1) is 6.26 Å². The smallest absolute Gasteiger partial charge is 0.289 e. The van der Waals surface area contributed by atoms with Gasteiger partial charge in [0.1, 0.15) is 5.75 Å². The highest BCUT2D eigenvalue weighted by atomic mass is 16.5. The molecule has 30 heavy (non-hydrogen) atoms. The van der Waals surface area contributed by atoms with Crippen LogP contribution in [-0.2, 0) is 0 Å². The average Bonchev–Trinajstić information content (AvgIpc) is 3.35. The number of furan rings is 1. The molecule has 150 valence electrons. The van der Waals surface area contributed by atoms with Gasteiger partial charge in [0, 0.05) is 37.0 Å². The third-order valence-corrected chi connectivity index (χ3v) is 5.19. The number of amides is 1. The highest BCUT2D eigenvalue weighted by Crippen LogP contribution is 2.32. The van der Waals surface area contributed by atoms with Crippen LogP contribution in [0.15, 0.2) is 77.4 Å². The maximum Gasteiger partial charge on any atom is 0.289 e. The minimum atomic E-state index is -0.0813. The van der Waals surface area contributed by atoms with Gasteiger partial charge in [-0.15, -0.1) is 10.2 Å². The number of benzene rings is 2. The van der Waals surface area contributed by atoms with Crippen LogP contribution in [-0.4, -0.2) is 47.2 Å². The van der Waals surface area contributed by atoms with Crippen molar-refractivity contribution in [2.45, 2.75) is 0 Å². The zero-order valence-electron chi connectivity index (χ0n) is 16.3. The predicted molar refractivity (Wildman–Crippen MR) is 113 cm³/mol. The Hall–Kier alpha value is -3.87. The number of rotatable bonds is 4. The monoisotopic (exact) mass is 400 g/mol. The molecule has 0 atom stereocenters. The summed E-state index contributed by atoms with van der Waals surface area (Å²) in [6, 6.07) is 20.9. The van der Waals surface area contributed by atoms with Crippen molar-refractivity contribution in [2.24, 2.45) is 0 Å². The lowest BCUT2D eigenvalue weighted by atomic mass is 10.1. The molecule has 4 aromatic rings. The third-order valence-electron chi connectivity index (χ3n) is 5.19. The molecule has 0 aliphatic carbocycles. The molecule has 1 saturated heterocycles. The summed E-state index contributed by atoms with van der Waals surface area (Å²) in [6.07, 6.45) is 1.52. The molecule has 0 spiro atoms. The maximum absolute atomic E-state index is 12.5. The fourth-order valence-electron chi connectivity index (χ4n) is 3.65. The lowest BCUT2D eigenvalue weighted by Gasteiger charge is -2.35. The number of carbonyl (C=O) groups is 1. The van der Waals surface area contributed by atoms with Crippen molar-refractivity contribution in [3.05, 3.63) is 78.8 Å². The number of para-hydroxylation sites is 1. The Labute approximate surface area is 173 Å². The fraction of sp³-hybridized carbons (Fsp3) is 0.174. The predicted octanol–water partition coefficient (Wildman–Crippen LogP) is 3.98. The number of aromatic nitrogens is 2. The number of anilines is 1. The van der Waals surface area contributed by atoms with Gasteiger partial charge in [-0.25, -0.2) is 0 Å². The molecular formula is C23H20N4O3. The second-order valence-corrected chi connectivity index (χ2v) is 7.05. The zero-order chi connectivity index (χ0) is 20.3. The second kappa shape index (κ2) is 7.87. The topological polar surface area (TPSA) is 71.7 Å². The molecular weight excluding hydrogens is 380 g/mol. The summed E-state index contributed by atoms with van der Waals surface area (Å²) in [5.41, 5.74) is 0. The average molecular weight is 400 g/mol. The molecule has 2 aromatic carbocycles. The quantitative estimate of drug-likeness (QED) is 0.516. The van der Waals surface area contributed by atoms with Crippen molar-refractivity contribution in [3.63, 3.8) is 0 Å². The van der Waals surface area contributed by atoms with Gasteiger partial charge in [0.2, 0.25) is 5.88 Å². The first kappa shape index (κ1) is 18.2. The molecule has 2 aromatic heterocycles. The number of carbonyl (C=O) groups excluding carboxylic acids is 1. The van der Waals surface area contributed by atoms with Crippen LogP contribution >= 0.6 is 0 Å². The lowest BCUT2D eigenvalue weighted by molar-refractivity contribution is 0.0714. The van der Waals surface area contributed by atoms with Crippen molar-refractivity contribution < 1.29 is 13.9 Å². The van der Waals surface area contributed by atoms with Crippen molar-refractivity contribution in [2.75, 3.05) is 31.1 Å². The lowest BCUT2D eigenvalue weighted by Crippen LogP contribution is -2.49. The molecule has 1 amide bonds. The van der Waals surface area contributed by atoms with E-state index in [9.17, 15) is 4.79 Å². The van der Waals surface area contributed by atoms with E-state index in [1.54, 1.807) is 17.0 Å². The zero-order valence-corrected chi connectivity index (χ0v) is 16.3. The van der Waals surface area contributed by atoms with Gasteiger partial charge in [-0.05, 0) is 30.3 Å². The SMILES string of the molecule is O=C(c1ccco1)N1CCN(c2nnc(Oc3ccccc3)c3ccccc23)CC1. The van der Waals surface area contributed by atoms with E-state index in [1.165, 1.54) is 6.26 Å². The summed E-state index contributed by atoms with van der Waals surface area (Å²) in [7, 11) is 0. The highest BCUT2D eigenvalue weighted by molar-refractivity contribution is 5.95. The third kappa shape index (κ3) is 3.45. The summed E-state index contributed by atoms with van der Waals surface area (Å²) in [6.45, 7) is 2.53. The van der Waals surface area contributed by atoms with E-state index in [0.29, 0.717) is 37.8 Å². The van der Waals surface area contributed by atoms with Gasteiger partial charge < -0.3 is 19.0 Å². The van der Waals surface area contributed by atoms with Crippen LogP contribution in [0.3, 0.4) is 0 Å². The van der Waals surface area contributed by atoms with E-state index < -0.39 is 0 Å². The number of fused-ring (bicyclic) bond motifs is 1. The van der Waals surface area contributed by atoms with Crippen LogP contribution < -0.4 is 9.64 Å². The van der Waals surface area contributed by atoms with Crippen molar-refractivity contribution in [1.29, 1.82) is 0 Å².